The van der Waals surface area contributed by atoms with E-state index in [4.69, 9.17) is 5.11 Å². The highest BCUT2D eigenvalue weighted by Gasteiger charge is 2.22. The maximum Gasteiger partial charge on any atom is 0.338 e. The predicted octanol–water partition coefficient (Wildman–Crippen LogP) is 3.89. The number of carbonyl (C=O) groups is 1. The van der Waals surface area contributed by atoms with Gasteiger partial charge in [0, 0.05) is 4.90 Å². The molecule has 7 heteroatoms. The number of nitro groups is 1. The molecule has 0 atom stereocenters. The second-order valence-corrected chi connectivity index (χ2v) is 5.31. The lowest BCUT2D eigenvalue weighted by molar-refractivity contribution is -0.387. The van der Waals surface area contributed by atoms with Crippen molar-refractivity contribution >= 4 is 23.4 Å². The van der Waals surface area contributed by atoms with Gasteiger partial charge >= 0.3 is 5.97 Å². The molecular weight excluding hydrogens is 297 g/mol. The maximum atomic E-state index is 13.6. The van der Waals surface area contributed by atoms with Crippen LogP contribution in [0.1, 0.15) is 15.9 Å². The zero-order valence-electron chi connectivity index (χ0n) is 10.9. The van der Waals surface area contributed by atoms with Crippen LogP contribution >= 0.6 is 11.8 Å². The first-order chi connectivity index (χ1) is 9.90. The maximum absolute atomic E-state index is 13.6. The molecule has 2 aromatic rings. The van der Waals surface area contributed by atoms with Crippen LogP contribution in [0.5, 0.6) is 0 Å². The second kappa shape index (κ2) is 5.92. The van der Waals surface area contributed by atoms with Crippen molar-refractivity contribution in [2.75, 3.05) is 0 Å². The molecular formula is C14H10FNO4S. The Labute approximate surface area is 123 Å². The first-order valence-corrected chi connectivity index (χ1v) is 6.66. The Bertz CT molecular complexity index is 733. The monoisotopic (exact) mass is 307 g/mol. The normalized spacial score (nSPS) is 10.4. The molecule has 0 aliphatic heterocycles. The smallest absolute Gasteiger partial charge is 0.338 e. The van der Waals surface area contributed by atoms with Crippen molar-refractivity contribution < 1.29 is 19.2 Å². The fourth-order valence-electron chi connectivity index (χ4n) is 1.72. The summed E-state index contributed by atoms with van der Waals surface area (Å²) in [7, 11) is 0. The van der Waals surface area contributed by atoms with Gasteiger partial charge in [0.05, 0.1) is 21.4 Å². The average Bonchev–Trinajstić information content (AvgIpc) is 2.42. The lowest BCUT2D eigenvalue weighted by Crippen LogP contribution is -2.03. The summed E-state index contributed by atoms with van der Waals surface area (Å²) in [5.41, 5.74) is -0.152. The predicted molar refractivity (Wildman–Crippen MR) is 75.3 cm³/mol. The summed E-state index contributed by atoms with van der Waals surface area (Å²) in [6.45, 7) is 1.83. The molecule has 0 aromatic heterocycles. The van der Waals surface area contributed by atoms with E-state index in [0.717, 1.165) is 28.3 Å². The standard InChI is InChI=1S/C14H10FNO4S/c1-8-4-2-3-5-12(8)21-13-6-9(14(17)18)10(15)7-11(13)16(19)20/h2-7H,1H3,(H,17,18). The summed E-state index contributed by atoms with van der Waals surface area (Å²) in [5, 5.41) is 19.9. The topological polar surface area (TPSA) is 80.4 Å². The number of aromatic carboxylic acids is 1. The number of halogens is 1. The molecule has 5 nitrogen and oxygen atoms in total. The second-order valence-electron chi connectivity index (χ2n) is 4.23. The summed E-state index contributed by atoms with van der Waals surface area (Å²) in [4.78, 5) is 22.1. The number of rotatable bonds is 4. The van der Waals surface area contributed by atoms with Crippen LogP contribution in [0.4, 0.5) is 10.1 Å². The summed E-state index contributed by atoms with van der Waals surface area (Å²) in [6.07, 6.45) is 0. The molecule has 21 heavy (non-hydrogen) atoms. The van der Waals surface area contributed by atoms with Crippen LogP contribution in [0.2, 0.25) is 0 Å². The lowest BCUT2D eigenvalue weighted by atomic mass is 10.2. The van der Waals surface area contributed by atoms with Crippen LogP contribution < -0.4 is 0 Å². The fraction of sp³-hybridized carbons (Fsp3) is 0.0714. The van der Waals surface area contributed by atoms with Crippen molar-refractivity contribution in [3.8, 4) is 0 Å². The van der Waals surface area contributed by atoms with Crippen LogP contribution in [0, 0.1) is 22.9 Å². The summed E-state index contributed by atoms with van der Waals surface area (Å²) in [6, 6.07) is 8.81. The van der Waals surface area contributed by atoms with E-state index in [1.165, 1.54) is 0 Å². The molecule has 2 rings (SSSR count). The Morgan fingerprint density at radius 1 is 1.29 bits per heavy atom. The Kier molecular flexibility index (Phi) is 4.23. The van der Waals surface area contributed by atoms with E-state index in [0.29, 0.717) is 6.07 Å². The highest BCUT2D eigenvalue weighted by molar-refractivity contribution is 7.99. The summed E-state index contributed by atoms with van der Waals surface area (Å²) in [5.74, 6) is -2.59. The zero-order chi connectivity index (χ0) is 15.6. The van der Waals surface area contributed by atoms with Gasteiger partial charge in [-0.3, -0.25) is 10.1 Å². The fourth-order valence-corrected chi connectivity index (χ4v) is 2.75. The van der Waals surface area contributed by atoms with Gasteiger partial charge in [-0.1, -0.05) is 30.0 Å². The number of hydrogen-bond acceptors (Lipinski definition) is 4. The van der Waals surface area contributed by atoms with Gasteiger partial charge in [0.2, 0.25) is 0 Å². The number of benzene rings is 2. The molecule has 0 spiro atoms. The third-order valence-corrected chi connectivity index (χ3v) is 4.01. The van der Waals surface area contributed by atoms with Gasteiger partial charge in [-0.05, 0) is 24.6 Å². The van der Waals surface area contributed by atoms with E-state index in [9.17, 15) is 19.3 Å². The van der Waals surface area contributed by atoms with Crippen LogP contribution in [0.25, 0.3) is 0 Å². The number of carboxylic acids is 1. The van der Waals surface area contributed by atoms with Crippen molar-refractivity contribution in [3.05, 3.63) is 63.5 Å². The number of nitro benzene ring substituents is 1. The minimum atomic E-state index is -1.46. The van der Waals surface area contributed by atoms with E-state index >= 15 is 0 Å². The molecule has 0 radical (unpaired) electrons. The zero-order valence-corrected chi connectivity index (χ0v) is 11.7. The van der Waals surface area contributed by atoms with Crippen LogP contribution in [0.15, 0.2) is 46.2 Å². The van der Waals surface area contributed by atoms with Gasteiger partial charge < -0.3 is 5.11 Å². The van der Waals surface area contributed by atoms with Crippen LogP contribution in [0.3, 0.4) is 0 Å². The Balaban J connectivity index is 2.55. The van der Waals surface area contributed by atoms with Crippen molar-refractivity contribution in [3.63, 3.8) is 0 Å². The van der Waals surface area contributed by atoms with E-state index < -0.39 is 28.0 Å². The average molecular weight is 307 g/mol. The summed E-state index contributed by atoms with van der Waals surface area (Å²) >= 11 is 1.04. The Morgan fingerprint density at radius 3 is 2.52 bits per heavy atom. The summed E-state index contributed by atoms with van der Waals surface area (Å²) < 4.78 is 13.6. The molecule has 2 aromatic carbocycles. The van der Waals surface area contributed by atoms with Gasteiger partial charge in [-0.2, -0.15) is 0 Å². The number of hydrogen-bond donors (Lipinski definition) is 1. The highest BCUT2D eigenvalue weighted by atomic mass is 32.2. The molecule has 0 bridgehead atoms. The third kappa shape index (κ3) is 3.19. The molecule has 0 fully saturated rings. The van der Waals surface area contributed by atoms with Crippen molar-refractivity contribution in [2.45, 2.75) is 16.7 Å². The molecule has 0 aliphatic rings. The van der Waals surface area contributed by atoms with Crippen molar-refractivity contribution in [1.82, 2.24) is 0 Å². The van der Waals surface area contributed by atoms with Gasteiger partial charge in [0.25, 0.3) is 5.69 Å². The minimum Gasteiger partial charge on any atom is -0.478 e. The third-order valence-electron chi connectivity index (χ3n) is 2.79. The van der Waals surface area contributed by atoms with E-state index in [1.54, 1.807) is 12.1 Å². The molecule has 0 amide bonds. The SMILES string of the molecule is Cc1ccccc1Sc1cc(C(=O)O)c(F)cc1[N+](=O)[O-]. The quantitative estimate of drug-likeness (QED) is 0.684. The minimum absolute atomic E-state index is 0.0908. The first kappa shape index (κ1) is 15.0. The van der Waals surface area contributed by atoms with Crippen LogP contribution in [-0.2, 0) is 0 Å². The van der Waals surface area contributed by atoms with Crippen molar-refractivity contribution in [1.29, 1.82) is 0 Å². The number of nitrogens with zero attached hydrogens (tertiary/aromatic N) is 1. The largest absolute Gasteiger partial charge is 0.478 e. The van der Waals surface area contributed by atoms with E-state index in [1.807, 2.05) is 19.1 Å². The molecule has 1 N–H and O–H groups in total. The van der Waals surface area contributed by atoms with Crippen LogP contribution in [-0.4, -0.2) is 16.0 Å². The van der Waals surface area contributed by atoms with Gasteiger partial charge in [0.15, 0.2) is 0 Å². The Hall–Kier alpha value is -2.41. The molecule has 0 saturated heterocycles. The van der Waals surface area contributed by atoms with Crippen molar-refractivity contribution in [2.24, 2.45) is 0 Å². The molecule has 0 aliphatic carbocycles. The molecule has 0 unspecified atom stereocenters. The number of carboxylic acid groups (broad SMARTS) is 1. The molecule has 108 valence electrons. The van der Waals surface area contributed by atoms with Gasteiger partial charge in [-0.15, -0.1) is 0 Å². The van der Waals surface area contributed by atoms with E-state index in [-0.39, 0.29) is 4.90 Å². The first-order valence-electron chi connectivity index (χ1n) is 5.85. The number of aryl methyl sites for hydroxylation is 1. The Morgan fingerprint density at radius 2 is 1.95 bits per heavy atom. The molecule has 0 saturated carbocycles. The lowest BCUT2D eigenvalue weighted by Gasteiger charge is -2.07. The van der Waals surface area contributed by atoms with Gasteiger partial charge in [0.1, 0.15) is 5.82 Å². The van der Waals surface area contributed by atoms with E-state index in [2.05, 4.69) is 0 Å². The highest BCUT2D eigenvalue weighted by Crippen LogP contribution is 2.37. The molecule has 0 heterocycles. The van der Waals surface area contributed by atoms with Gasteiger partial charge in [-0.25, -0.2) is 9.18 Å².